The third kappa shape index (κ3) is 5.89. The molecule has 160 valence electrons. The Morgan fingerprint density at radius 2 is 1.86 bits per heavy atom. The molecule has 1 aliphatic rings. The van der Waals surface area contributed by atoms with E-state index in [1.54, 1.807) is 34.0 Å². The summed E-state index contributed by atoms with van der Waals surface area (Å²) in [5.74, 6) is 1.09. The van der Waals surface area contributed by atoms with Gasteiger partial charge in [-0.2, -0.15) is 0 Å². The van der Waals surface area contributed by atoms with Crippen LogP contribution in [0.5, 0.6) is 11.5 Å². The van der Waals surface area contributed by atoms with Crippen LogP contribution < -0.4 is 9.47 Å². The largest absolute Gasteiger partial charge is 0.493 e. The summed E-state index contributed by atoms with van der Waals surface area (Å²) < 4.78 is 21.6. The molecule has 7 nitrogen and oxygen atoms in total. The summed E-state index contributed by atoms with van der Waals surface area (Å²) in [7, 11) is 2.89. The van der Waals surface area contributed by atoms with Gasteiger partial charge in [0, 0.05) is 0 Å². The Morgan fingerprint density at radius 1 is 1.17 bits per heavy atom. The number of carbonyl (C=O) groups excluding carboxylic acids is 2. The van der Waals surface area contributed by atoms with E-state index in [-0.39, 0.29) is 6.54 Å². The molecule has 1 aromatic carbocycles. The monoisotopic (exact) mass is 405 g/mol. The van der Waals surface area contributed by atoms with Crippen LogP contribution in [0.25, 0.3) is 5.57 Å². The normalized spacial score (nSPS) is 16.5. The van der Waals surface area contributed by atoms with Gasteiger partial charge in [-0.3, -0.25) is 4.90 Å². The molecule has 0 unspecified atom stereocenters. The Morgan fingerprint density at radius 3 is 2.41 bits per heavy atom. The molecule has 7 heteroatoms. The number of carbonyl (C=O) groups is 2. The minimum Gasteiger partial charge on any atom is -0.493 e. The lowest BCUT2D eigenvalue weighted by molar-refractivity contribution is -0.144. The van der Waals surface area contributed by atoms with Crippen LogP contribution in [0, 0.1) is 5.92 Å². The van der Waals surface area contributed by atoms with Gasteiger partial charge in [0.2, 0.25) is 0 Å². The Bertz CT molecular complexity index is 778. The second-order valence-electron chi connectivity index (χ2n) is 8.34. The van der Waals surface area contributed by atoms with Crippen molar-refractivity contribution in [1.82, 2.24) is 4.90 Å². The molecule has 0 bridgehead atoms. The molecule has 2 rings (SSSR count). The zero-order chi connectivity index (χ0) is 21.8. The van der Waals surface area contributed by atoms with Gasteiger partial charge in [-0.05, 0) is 56.0 Å². The average Bonchev–Trinajstić information content (AvgIpc) is 3.09. The highest BCUT2D eigenvalue weighted by atomic mass is 16.6. The fourth-order valence-electron chi connectivity index (χ4n) is 2.86. The summed E-state index contributed by atoms with van der Waals surface area (Å²) in [5, 5.41) is 0. The zero-order valence-electron chi connectivity index (χ0n) is 18.3. The minimum atomic E-state index is -0.841. The van der Waals surface area contributed by atoms with E-state index in [0.717, 1.165) is 11.1 Å². The number of ether oxygens (including phenoxy) is 4. The van der Waals surface area contributed by atoms with Gasteiger partial charge in [-0.1, -0.05) is 19.9 Å². The van der Waals surface area contributed by atoms with Crippen molar-refractivity contribution in [2.24, 2.45) is 5.92 Å². The Balaban J connectivity index is 2.32. The first-order valence-corrected chi connectivity index (χ1v) is 9.65. The topological polar surface area (TPSA) is 74.3 Å². The highest BCUT2D eigenvalue weighted by Gasteiger charge is 2.37. The number of benzene rings is 1. The molecule has 1 atom stereocenters. The van der Waals surface area contributed by atoms with Gasteiger partial charge in [0.25, 0.3) is 0 Å². The van der Waals surface area contributed by atoms with E-state index < -0.39 is 23.7 Å². The summed E-state index contributed by atoms with van der Waals surface area (Å²) in [6.07, 6.45) is 1.16. The fourth-order valence-corrected chi connectivity index (χ4v) is 2.86. The molecular weight excluding hydrogens is 374 g/mol. The Hall–Kier alpha value is -2.70. The van der Waals surface area contributed by atoms with E-state index in [1.807, 2.05) is 18.2 Å². The number of esters is 1. The summed E-state index contributed by atoms with van der Waals surface area (Å²) in [5.41, 5.74) is 0.978. The first-order chi connectivity index (χ1) is 13.6. The van der Waals surface area contributed by atoms with Gasteiger partial charge in [0.1, 0.15) is 5.60 Å². The molecule has 0 fully saturated rings. The van der Waals surface area contributed by atoms with Crippen molar-refractivity contribution < 1.29 is 28.5 Å². The highest BCUT2D eigenvalue weighted by molar-refractivity contribution is 5.90. The molecule has 0 spiro atoms. The zero-order valence-corrected chi connectivity index (χ0v) is 18.3. The molecule has 0 radical (unpaired) electrons. The van der Waals surface area contributed by atoms with Crippen LogP contribution in [-0.4, -0.2) is 56.0 Å². The first-order valence-electron chi connectivity index (χ1n) is 9.65. The van der Waals surface area contributed by atoms with Gasteiger partial charge in [-0.25, -0.2) is 9.59 Å². The number of nitrogens with zero attached hydrogens (tertiary/aromatic N) is 1. The standard InChI is InChI=1S/C22H31NO6/c1-14(2)13-28-19-11-15(8-9-18(19)26-6)16-10-17(20(24)27-7)23(12-16)21(25)29-22(3,4)5/h8-11,14,17H,12-13H2,1-7H3/t17-/m1/s1. The number of hydrogen-bond donors (Lipinski definition) is 0. The fraction of sp³-hybridized carbons (Fsp3) is 0.545. The second kappa shape index (κ2) is 9.20. The maximum Gasteiger partial charge on any atom is 0.411 e. The van der Waals surface area contributed by atoms with Crippen molar-refractivity contribution in [2.75, 3.05) is 27.4 Å². The van der Waals surface area contributed by atoms with Crippen LogP contribution in [-0.2, 0) is 14.3 Å². The predicted octanol–water partition coefficient (Wildman–Crippen LogP) is 3.91. The maximum atomic E-state index is 12.6. The van der Waals surface area contributed by atoms with E-state index in [4.69, 9.17) is 18.9 Å². The Labute approximate surface area is 172 Å². The maximum absolute atomic E-state index is 12.6. The molecule has 1 aliphatic heterocycles. The van der Waals surface area contributed by atoms with E-state index in [0.29, 0.717) is 24.0 Å². The SMILES string of the molecule is COC(=O)[C@H]1C=C(c2ccc(OC)c(OCC(C)C)c2)CN1C(=O)OC(C)(C)C. The molecule has 1 heterocycles. The quantitative estimate of drug-likeness (QED) is 0.668. The van der Waals surface area contributed by atoms with Gasteiger partial charge < -0.3 is 18.9 Å². The van der Waals surface area contributed by atoms with Crippen LogP contribution in [0.3, 0.4) is 0 Å². The average molecular weight is 405 g/mol. The lowest BCUT2D eigenvalue weighted by atomic mass is 10.1. The minimum absolute atomic E-state index is 0.227. The second-order valence-corrected chi connectivity index (χ2v) is 8.34. The van der Waals surface area contributed by atoms with Crippen molar-refractivity contribution in [3.8, 4) is 11.5 Å². The number of hydrogen-bond acceptors (Lipinski definition) is 6. The summed E-state index contributed by atoms with van der Waals surface area (Å²) in [6.45, 7) is 10.3. The lowest BCUT2D eigenvalue weighted by Gasteiger charge is -2.27. The van der Waals surface area contributed by atoms with Crippen LogP contribution in [0.4, 0.5) is 4.79 Å². The molecule has 0 aromatic heterocycles. The van der Waals surface area contributed by atoms with Crippen LogP contribution in [0.1, 0.15) is 40.2 Å². The molecule has 0 N–H and O–H groups in total. The van der Waals surface area contributed by atoms with E-state index in [2.05, 4.69) is 13.8 Å². The van der Waals surface area contributed by atoms with Crippen molar-refractivity contribution in [3.05, 3.63) is 29.8 Å². The van der Waals surface area contributed by atoms with Gasteiger partial charge in [0.15, 0.2) is 17.5 Å². The van der Waals surface area contributed by atoms with Crippen molar-refractivity contribution in [3.63, 3.8) is 0 Å². The third-order valence-electron chi connectivity index (χ3n) is 4.21. The molecule has 1 aromatic rings. The smallest absolute Gasteiger partial charge is 0.411 e. The van der Waals surface area contributed by atoms with Crippen LogP contribution in [0.15, 0.2) is 24.3 Å². The number of rotatable bonds is 6. The number of methoxy groups -OCH3 is 2. The molecule has 29 heavy (non-hydrogen) atoms. The van der Waals surface area contributed by atoms with Gasteiger partial charge in [-0.15, -0.1) is 0 Å². The molecular formula is C22H31NO6. The number of amides is 1. The first kappa shape index (κ1) is 22.6. The van der Waals surface area contributed by atoms with E-state index in [1.165, 1.54) is 12.0 Å². The summed E-state index contributed by atoms with van der Waals surface area (Å²) >= 11 is 0. The Kier molecular flexibility index (Phi) is 7.16. The third-order valence-corrected chi connectivity index (χ3v) is 4.21. The van der Waals surface area contributed by atoms with Crippen molar-refractivity contribution in [1.29, 1.82) is 0 Å². The van der Waals surface area contributed by atoms with Crippen molar-refractivity contribution >= 4 is 17.6 Å². The van der Waals surface area contributed by atoms with Gasteiger partial charge >= 0.3 is 12.1 Å². The van der Waals surface area contributed by atoms with Crippen molar-refractivity contribution in [2.45, 2.75) is 46.3 Å². The van der Waals surface area contributed by atoms with Gasteiger partial charge in [0.05, 0.1) is 27.4 Å². The predicted molar refractivity (Wildman–Crippen MR) is 110 cm³/mol. The summed E-state index contributed by atoms with van der Waals surface area (Å²) in [4.78, 5) is 26.3. The molecule has 0 aliphatic carbocycles. The lowest BCUT2D eigenvalue weighted by Crippen LogP contribution is -2.44. The van der Waals surface area contributed by atoms with Crippen LogP contribution >= 0.6 is 0 Å². The highest BCUT2D eigenvalue weighted by Crippen LogP contribution is 2.34. The molecule has 1 amide bonds. The van der Waals surface area contributed by atoms with Crippen LogP contribution in [0.2, 0.25) is 0 Å². The van der Waals surface area contributed by atoms with E-state index in [9.17, 15) is 9.59 Å². The molecule has 0 saturated heterocycles. The summed E-state index contributed by atoms with van der Waals surface area (Å²) in [6, 6.07) is 4.71. The molecule has 0 saturated carbocycles. The van der Waals surface area contributed by atoms with E-state index >= 15 is 0 Å².